The van der Waals surface area contributed by atoms with Gasteiger partial charge in [-0.15, -0.1) is 0 Å². The molecule has 4 rings (SSSR count). The topological polar surface area (TPSA) is 88.5 Å². The molecule has 8 heteroatoms. The Morgan fingerprint density at radius 2 is 1.82 bits per heavy atom. The lowest BCUT2D eigenvalue weighted by Gasteiger charge is -2.28. The van der Waals surface area contributed by atoms with Gasteiger partial charge in [-0.1, -0.05) is 39.8 Å². The number of aliphatic hydroxyl groups is 1. The summed E-state index contributed by atoms with van der Waals surface area (Å²) in [7, 11) is 0. The van der Waals surface area contributed by atoms with E-state index in [0.29, 0.717) is 67.2 Å². The first kappa shape index (κ1) is 27.5. The van der Waals surface area contributed by atoms with Crippen molar-refractivity contribution in [3.8, 4) is 17.2 Å². The third-order valence-electron chi connectivity index (χ3n) is 7.04. The SMILES string of the molecule is CCN(CC)CCN1C(=O)C(=O)/C(=C(/O)c2ccc3c(c2)OCCO3)[C@@H]1c1cccc(OCCC(C)C)c1. The zero-order valence-corrected chi connectivity index (χ0v) is 22.7. The van der Waals surface area contributed by atoms with E-state index in [0.717, 1.165) is 19.5 Å². The minimum absolute atomic E-state index is 0.0607. The normalized spacial score (nSPS) is 18.5. The van der Waals surface area contributed by atoms with Gasteiger partial charge in [-0.3, -0.25) is 9.59 Å². The molecule has 2 aromatic carbocycles. The quantitative estimate of drug-likeness (QED) is 0.261. The number of carbonyl (C=O) groups excluding carboxylic acids is 2. The molecule has 8 nitrogen and oxygen atoms in total. The number of amides is 1. The lowest BCUT2D eigenvalue weighted by atomic mass is 9.95. The third kappa shape index (κ3) is 5.96. The number of aliphatic hydroxyl groups excluding tert-OH is 1. The summed E-state index contributed by atoms with van der Waals surface area (Å²) in [5.41, 5.74) is 1.17. The molecule has 38 heavy (non-hydrogen) atoms. The van der Waals surface area contributed by atoms with Crippen LogP contribution in [0.4, 0.5) is 0 Å². The molecule has 1 saturated heterocycles. The number of hydrogen-bond acceptors (Lipinski definition) is 7. The number of likely N-dealkylation sites (tertiary alicyclic amines) is 1. The Morgan fingerprint density at radius 1 is 1.08 bits per heavy atom. The van der Waals surface area contributed by atoms with Gasteiger partial charge in [0.2, 0.25) is 0 Å². The largest absolute Gasteiger partial charge is 0.507 e. The van der Waals surface area contributed by atoms with Gasteiger partial charge in [0.1, 0.15) is 24.7 Å². The molecular formula is C30H38N2O6. The zero-order chi connectivity index (χ0) is 27.2. The molecule has 0 saturated carbocycles. The van der Waals surface area contributed by atoms with E-state index in [1.165, 1.54) is 0 Å². The fourth-order valence-corrected chi connectivity index (χ4v) is 4.78. The van der Waals surface area contributed by atoms with Crippen LogP contribution in [-0.2, 0) is 9.59 Å². The fraction of sp³-hybridized carbons (Fsp3) is 0.467. The molecule has 1 amide bonds. The molecule has 204 valence electrons. The predicted octanol–water partition coefficient (Wildman–Crippen LogP) is 4.65. The summed E-state index contributed by atoms with van der Waals surface area (Å²) < 4.78 is 17.2. The van der Waals surface area contributed by atoms with Crippen LogP contribution in [-0.4, -0.2) is 72.6 Å². The molecule has 0 unspecified atom stereocenters. The van der Waals surface area contributed by atoms with E-state index in [-0.39, 0.29) is 11.3 Å². The summed E-state index contributed by atoms with van der Waals surface area (Å²) in [5.74, 6) is 0.693. The fourth-order valence-electron chi connectivity index (χ4n) is 4.78. The van der Waals surface area contributed by atoms with Gasteiger partial charge in [0.25, 0.3) is 11.7 Å². The van der Waals surface area contributed by atoms with Gasteiger partial charge >= 0.3 is 0 Å². The average Bonchev–Trinajstić information content (AvgIpc) is 3.18. The summed E-state index contributed by atoms with van der Waals surface area (Å²) >= 11 is 0. The van der Waals surface area contributed by atoms with Crippen LogP contribution in [0, 0.1) is 5.92 Å². The van der Waals surface area contributed by atoms with E-state index in [4.69, 9.17) is 14.2 Å². The second-order valence-electron chi connectivity index (χ2n) is 9.98. The van der Waals surface area contributed by atoms with Crippen molar-refractivity contribution in [2.45, 2.75) is 40.2 Å². The molecule has 2 heterocycles. The second kappa shape index (κ2) is 12.3. The molecule has 2 aliphatic heterocycles. The second-order valence-corrected chi connectivity index (χ2v) is 9.98. The molecular weight excluding hydrogens is 484 g/mol. The zero-order valence-electron chi connectivity index (χ0n) is 22.7. The van der Waals surface area contributed by atoms with Gasteiger partial charge in [0.15, 0.2) is 11.5 Å². The predicted molar refractivity (Wildman–Crippen MR) is 146 cm³/mol. The highest BCUT2D eigenvalue weighted by Gasteiger charge is 2.46. The number of fused-ring (bicyclic) bond motifs is 1. The van der Waals surface area contributed by atoms with Gasteiger partial charge < -0.3 is 29.1 Å². The monoisotopic (exact) mass is 522 g/mol. The number of ketones is 1. The molecule has 0 spiro atoms. The number of ether oxygens (including phenoxy) is 3. The number of hydrogen-bond donors (Lipinski definition) is 1. The van der Waals surface area contributed by atoms with Crippen LogP contribution in [0.1, 0.15) is 51.3 Å². The van der Waals surface area contributed by atoms with Crippen molar-refractivity contribution in [1.29, 1.82) is 0 Å². The molecule has 2 aromatic rings. The number of likely N-dealkylation sites (N-methyl/N-ethyl adjacent to an activating group) is 1. The van der Waals surface area contributed by atoms with E-state index in [1.54, 1.807) is 23.1 Å². The van der Waals surface area contributed by atoms with Gasteiger partial charge in [-0.2, -0.15) is 0 Å². The number of rotatable bonds is 11. The first-order valence-corrected chi connectivity index (χ1v) is 13.5. The number of Topliss-reactive ketones (excluding diaryl/α,β-unsaturated/α-hetero) is 1. The lowest BCUT2D eigenvalue weighted by Crippen LogP contribution is -2.38. The average molecular weight is 523 g/mol. The first-order chi connectivity index (χ1) is 18.3. The summed E-state index contributed by atoms with van der Waals surface area (Å²) in [4.78, 5) is 30.5. The van der Waals surface area contributed by atoms with E-state index in [1.807, 2.05) is 24.3 Å². The molecule has 0 bridgehead atoms. The Balaban J connectivity index is 1.75. The smallest absolute Gasteiger partial charge is 0.295 e. The van der Waals surface area contributed by atoms with Crippen molar-refractivity contribution < 1.29 is 28.9 Å². The first-order valence-electron chi connectivity index (χ1n) is 13.5. The van der Waals surface area contributed by atoms with Crippen LogP contribution in [0.2, 0.25) is 0 Å². The highest BCUT2D eigenvalue weighted by Crippen LogP contribution is 2.41. The van der Waals surface area contributed by atoms with E-state index < -0.39 is 17.7 Å². The Hall–Kier alpha value is -3.52. The Bertz CT molecular complexity index is 1190. The molecule has 0 aliphatic carbocycles. The number of carbonyl (C=O) groups is 2. The van der Waals surface area contributed by atoms with Gasteiger partial charge in [-0.05, 0) is 61.3 Å². The number of nitrogens with zero attached hydrogens (tertiary/aromatic N) is 2. The minimum atomic E-state index is -0.743. The van der Waals surface area contributed by atoms with Crippen LogP contribution in [0.5, 0.6) is 17.2 Å². The molecule has 1 N–H and O–H groups in total. The maximum atomic E-state index is 13.4. The van der Waals surface area contributed by atoms with E-state index in [2.05, 4.69) is 32.6 Å². The van der Waals surface area contributed by atoms with Gasteiger partial charge in [0.05, 0.1) is 18.2 Å². The third-order valence-corrected chi connectivity index (χ3v) is 7.04. The highest BCUT2D eigenvalue weighted by molar-refractivity contribution is 6.46. The van der Waals surface area contributed by atoms with Crippen LogP contribution < -0.4 is 14.2 Å². The van der Waals surface area contributed by atoms with E-state index >= 15 is 0 Å². The molecule has 1 fully saturated rings. The summed E-state index contributed by atoms with van der Waals surface area (Å²) in [6.07, 6.45) is 0.913. The van der Waals surface area contributed by atoms with Crippen molar-refractivity contribution >= 4 is 17.4 Å². The summed E-state index contributed by atoms with van der Waals surface area (Å²) in [6, 6.07) is 11.7. The van der Waals surface area contributed by atoms with Crippen LogP contribution >= 0.6 is 0 Å². The Kier molecular flexibility index (Phi) is 8.94. The van der Waals surface area contributed by atoms with Crippen LogP contribution in [0.25, 0.3) is 5.76 Å². The Labute approximate surface area is 224 Å². The maximum absolute atomic E-state index is 13.4. The molecule has 0 radical (unpaired) electrons. The highest BCUT2D eigenvalue weighted by atomic mass is 16.6. The summed E-state index contributed by atoms with van der Waals surface area (Å²) in [6.45, 7) is 12.5. The van der Waals surface area contributed by atoms with Crippen molar-refractivity contribution in [1.82, 2.24) is 9.80 Å². The standard InChI is InChI=1S/C30H38N2O6/c1-5-31(6-2)13-14-32-27(21-8-7-9-23(18-21)36-15-12-20(3)4)26(29(34)30(32)35)28(33)22-10-11-24-25(19-22)38-17-16-37-24/h7-11,18-20,27,33H,5-6,12-17H2,1-4H3/b28-26+/t27-/m0/s1. The van der Waals surface area contributed by atoms with Crippen molar-refractivity contribution in [3.63, 3.8) is 0 Å². The van der Waals surface area contributed by atoms with E-state index in [9.17, 15) is 14.7 Å². The lowest BCUT2D eigenvalue weighted by molar-refractivity contribution is -0.140. The summed E-state index contributed by atoms with van der Waals surface area (Å²) in [5, 5.41) is 11.4. The van der Waals surface area contributed by atoms with Gasteiger partial charge in [0, 0.05) is 18.7 Å². The van der Waals surface area contributed by atoms with Gasteiger partial charge in [-0.25, -0.2) is 0 Å². The number of benzene rings is 2. The minimum Gasteiger partial charge on any atom is -0.507 e. The van der Waals surface area contributed by atoms with Crippen molar-refractivity contribution in [2.75, 3.05) is 46.0 Å². The molecule has 1 atom stereocenters. The van der Waals surface area contributed by atoms with Crippen molar-refractivity contribution in [3.05, 3.63) is 59.2 Å². The maximum Gasteiger partial charge on any atom is 0.295 e. The van der Waals surface area contributed by atoms with Crippen LogP contribution in [0.3, 0.4) is 0 Å². The molecule has 0 aromatic heterocycles. The van der Waals surface area contributed by atoms with Crippen molar-refractivity contribution in [2.24, 2.45) is 5.92 Å². The van der Waals surface area contributed by atoms with Crippen LogP contribution in [0.15, 0.2) is 48.0 Å². The molecule has 2 aliphatic rings. The Morgan fingerprint density at radius 3 is 2.53 bits per heavy atom.